The number of amides is 4. The number of carbonyl (C=O) groups excluding carboxylic acids is 5. The smallest absolute Gasteiger partial charge is 0.416 e. The molecule has 0 aliphatic rings. The van der Waals surface area contributed by atoms with Crippen molar-refractivity contribution in [3.8, 4) is 5.75 Å². The zero-order valence-electron chi connectivity index (χ0n) is 29.1. The summed E-state index contributed by atoms with van der Waals surface area (Å²) in [7, 11) is 0. The molecule has 3 aromatic carbocycles. The van der Waals surface area contributed by atoms with Crippen LogP contribution >= 0.6 is 11.6 Å². The van der Waals surface area contributed by atoms with E-state index in [1.165, 1.54) is 45.9 Å². The van der Waals surface area contributed by atoms with E-state index >= 15 is 0 Å². The Balaban J connectivity index is 2.02. The summed E-state index contributed by atoms with van der Waals surface area (Å²) in [6.07, 6.45) is -4.96. The van der Waals surface area contributed by atoms with Crippen molar-refractivity contribution < 1.29 is 68.6 Å². The van der Waals surface area contributed by atoms with Crippen LogP contribution in [0, 0.1) is 34.5 Å². The first-order valence-electron chi connectivity index (χ1n) is 15.7. The lowest BCUT2D eigenvalue weighted by Crippen LogP contribution is -2.57. The largest absolute Gasteiger partial charge is 0.477 e. The minimum Gasteiger partial charge on any atom is -0.477 e. The molecule has 0 spiro atoms. The van der Waals surface area contributed by atoms with E-state index < -0.39 is 112 Å². The first-order valence-corrected chi connectivity index (χ1v) is 16.1. The minimum absolute atomic E-state index is 0.00488. The number of rotatable bonds is 12. The molecule has 0 aromatic heterocycles. The molecule has 0 aliphatic carbocycles. The lowest BCUT2D eigenvalue weighted by atomic mass is 9.85. The predicted octanol–water partition coefficient (Wildman–Crippen LogP) is 5.14. The molecule has 3 rings (SSSR count). The van der Waals surface area contributed by atoms with Crippen molar-refractivity contribution >= 4 is 46.9 Å². The maximum atomic E-state index is 14.2. The number of hydrazine groups is 1. The van der Waals surface area contributed by atoms with Crippen LogP contribution in [0.3, 0.4) is 0 Å². The van der Waals surface area contributed by atoms with Gasteiger partial charge in [0.2, 0.25) is 35.0 Å². The average molecular weight is 810 g/mol. The van der Waals surface area contributed by atoms with E-state index in [9.17, 15) is 59.1 Å². The second kappa shape index (κ2) is 17.7. The Bertz CT molecular complexity index is 1950. The number of hydrogen-bond donors (Lipinski definition) is 4. The quantitative estimate of drug-likeness (QED) is 0.0487. The molecule has 21 heteroatoms. The van der Waals surface area contributed by atoms with Crippen molar-refractivity contribution in [2.45, 2.75) is 46.0 Å². The standard InChI is InChI=1S/C34H32ClF8N5O7/c1-5-54-21(50)13-48(20(49)14-55-28-25(39)23(37)22(36)24(38)26(28)40)47-31(52)27(15-7-6-8-17(11-15)34(41,42)43)45-32(53)29(33(2,3)4)46-30(51)16-9-10-19(44)18(35)12-16/h6-12,27,29H,5,13-14,44H2,1-4H3,(H,45,53)(H,46,51)(H,47,52)/t27-,29+/m0/s1. The number of carbonyl (C=O) groups is 5. The van der Waals surface area contributed by atoms with Crippen LogP contribution in [0.4, 0.5) is 40.8 Å². The van der Waals surface area contributed by atoms with Gasteiger partial charge in [-0.25, -0.2) is 18.2 Å². The number of ether oxygens (including phenoxy) is 2. The molecule has 3 aromatic rings. The highest BCUT2D eigenvalue weighted by atomic mass is 35.5. The van der Waals surface area contributed by atoms with Crippen molar-refractivity contribution in [1.29, 1.82) is 0 Å². The van der Waals surface area contributed by atoms with Crippen LogP contribution in [0.5, 0.6) is 5.75 Å². The van der Waals surface area contributed by atoms with Gasteiger partial charge < -0.3 is 25.8 Å². The Labute approximate surface area is 312 Å². The van der Waals surface area contributed by atoms with E-state index in [-0.39, 0.29) is 27.9 Å². The van der Waals surface area contributed by atoms with Crippen molar-refractivity contribution in [3.63, 3.8) is 0 Å². The molecular formula is C34H32ClF8N5O7. The monoisotopic (exact) mass is 809 g/mol. The van der Waals surface area contributed by atoms with Crippen LogP contribution in [0.1, 0.15) is 55.2 Å². The lowest BCUT2D eigenvalue weighted by Gasteiger charge is -2.32. The van der Waals surface area contributed by atoms with Gasteiger partial charge in [0.1, 0.15) is 18.6 Å². The van der Waals surface area contributed by atoms with Crippen LogP contribution in [-0.2, 0) is 30.1 Å². The molecule has 0 saturated heterocycles. The van der Waals surface area contributed by atoms with Gasteiger partial charge >= 0.3 is 12.1 Å². The zero-order valence-corrected chi connectivity index (χ0v) is 29.9. The molecule has 0 unspecified atom stereocenters. The van der Waals surface area contributed by atoms with Gasteiger partial charge in [-0.1, -0.05) is 44.5 Å². The summed E-state index contributed by atoms with van der Waals surface area (Å²) in [6, 6.07) is 3.14. The van der Waals surface area contributed by atoms with Crippen LogP contribution < -0.4 is 26.5 Å². The minimum atomic E-state index is -4.96. The Kier molecular flexibility index (Phi) is 14.0. The maximum absolute atomic E-state index is 14.2. The zero-order chi connectivity index (χ0) is 41.6. The number of anilines is 1. The Morgan fingerprint density at radius 1 is 0.855 bits per heavy atom. The normalized spacial score (nSPS) is 12.6. The van der Waals surface area contributed by atoms with E-state index in [1.54, 1.807) is 0 Å². The lowest BCUT2D eigenvalue weighted by molar-refractivity contribution is -0.154. The highest BCUT2D eigenvalue weighted by molar-refractivity contribution is 6.33. The van der Waals surface area contributed by atoms with Crippen molar-refractivity contribution in [1.82, 2.24) is 21.1 Å². The first-order chi connectivity index (χ1) is 25.5. The third-order valence-electron chi connectivity index (χ3n) is 7.41. The van der Waals surface area contributed by atoms with Gasteiger partial charge in [0.05, 0.1) is 22.9 Å². The van der Waals surface area contributed by atoms with Crippen molar-refractivity contribution in [2.75, 3.05) is 25.5 Å². The Morgan fingerprint density at radius 3 is 2.00 bits per heavy atom. The molecule has 0 heterocycles. The van der Waals surface area contributed by atoms with Crippen LogP contribution in [-0.4, -0.2) is 60.4 Å². The van der Waals surface area contributed by atoms with Crippen molar-refractivity contribution in [3.05, 3.63) is 93.3 Å². The number of halogens is 9. The number of nitrogens with zero attached hydrogens (tertiary/aromatic N) is 1. The molecule has 0 saturated carbocycles. The fourth-order valence-corrected chi connectivity index (χ4v) is 4.81. The van der Waals surface area contributed by atoms with Gasteiger partial charge in [-0.05, 0) is 48.2 Å². The number of nitrogen functional groups attached to an aromatic ring is 1. The molecule has 0 fully saturated rings. The molecule has 298 valence electrons. The molecule has 55 heavy (non-hydrogen) atoms. The molecule has 0 bridgehead atoms. The molecule has 4 amide bonds. The van der Waals surface area contributed by atoms with E-state index in [4.69, 9.17) is 22.1 Å². The topological polar surface area (TPSA) is 169 Å². The van der Waals surface area contributed by atoms with Crippen molar-refractivity contribution in [2.24, 2.45) is 5.41 Å². The van der Waals surface area contributed by atoms with E-state index in [0.29, 0.717) is 12.1 Å². The number of benzene rings is 3. The van der Waals surface area contributed by atoms with Gasteiger partial charge in [0.15, 0.2) is 12.4 Å². The molecule has 12 nitrogen and oxygen atoms in total. The summed E-state index contributed by atoms with van der Waals surface area (Å²) in [6.45, 7) is 2.77. The molecule has 2 atom stereocenters. The summed E-state index contributed by atoms with van der Waals surface area (Å²) in [5, 5.41) is 4.80. The fraction of sp³-hybridized carbons (Fsp3) is 0.324. The number of nitrogens with two attached hydrogens (primary N) is 1. The number of alkyl halides is 3. The van der Waals surface area contributed by atoms with Crippen LogP contribution in [0.25, 0.3) is 0 Å². The molecule has 0 aliphatic heterocycles. The van der Waals surface area contributed by atoms with Crippen LogP contribution in [0.15, 0.2) is 42.5 Å². The van der Waals surface area contributed by atoms with Crippen LogP contribution in [0.2, 0.25) is 5.02 Å². The van der Waals surface area contributed by atoms with E-state index in [1.807, 2.05) is 5.43 Å². The summed E-state index contributed by atoms with van der Waals surface area (Å²) in [5.74, 6) is -20.5. The fourth-order valence-electron chi connectivity index (χ4n) is 4.63. The number of hydrogen-bond acceptors (Lipinski definition) is 8. The molecular weight excluding hydrogens is 778 g/mol. The first kappa shape index (κ1) is 43.7. The van der Waals surface area contributed by atoms with Gasteiger partial charge in [-0.3, -0.25) is 29.4 Å². The molecule has 0 radical (unpaired) electrons. The maximum Gasteiger partial charge on any atom is 0.416 e. The van der Waals surface area contributed by atoms with Gasteiger partial charge in [0, 0.05) is 5.56 Å². The number of nitrogens with one attached hydrogen (secondary N) is 3. The Hall–Kier alpha value is -5.66. The second-order valence-electron chi connectivity index (χ2n) is 12.5. The SMILES string of the molecule is CCOC(=O)CN(NC(=O)[C@@H](NC(=O)[C@@H](NC(=O)c1ccc(N)c(Cl)c1)C(C)(C)C)c1cccc(C(F)(F)F)c1)C(=O)COc1c(F)c(F)c(F)c(F)c1F. The van der Waals surface area contributed by atoms with E-state index in [2.05, 4.69) is 15.4 Å². The number of esters is 1. The second-order valence-corrected chi connectivity index (χ2v) is 12.9. The predicted molar refractivity (Wildman–Crippen MR) is 177 cm³/mol. The summed E-state index contributed by atoms with van der Waals surface area (Å²) >= 11 is 6.01. The third-order valence-corrected chi connectivity index (χ3v) is 7.74. The summed E-state index contributed by atoms with van der Waals surface area (Å²) in [5.41, 5.74) is 4.68. The third kappa shape index (κ3) is 11.0. The Morgan fingerprint density at radius 2 is 1.45 bits per heavy atom. The van der Waals surface area contributed by atoms with Gasteiger partial charge in [-0.2, -0.15) is 22.0 Å². The summed E-state index contributed by atoms with van der Waals surface area (Å²) < 4.78 is 120. The highest BCUT2D eigenvalue weighted by Gasteiger charge is 2.38. The van der Waals surface area contributed by atoms with Gasteiger partial charge in [-0.15, -0.1) is 0 Å². The summed E-state index contributed by atoms with van der Waals surface area (Å²) in [4.78, 5) is 66.3. The van der Waals surface area contributed by atoms with Gasteiger partial charge in [0.25, 0.3) is 17.7 Å². The molecule has 5 N–H and O–H groups in total. The van der Waals surface area contributed by atoms with E-state index in [0.717, 1.165) is 12.1 Å². The average Bonchev–Trinajstić information content (AvgIpc) is 3.10. The highest BCUT2D eigenvalue weighted by Crippen LogP contribution is 2.32.